The van der Waals surface area contributed by atoms with Gasteiger partial charge in [-0.3, -0.25) is 9.97 Å². The van der Waals surface area contributed by atoms with Gasteiger partial charge in [-0.1, -0.05) is 0 Å². The summed E-state index contributed by atoms with van der Waals surface area (Å²) in [7, 11) is 0. The third-order valence-corrected chi connectivity index (χ3v) is 2.47. The van der Waals surface area contributed by atoms with E-state index in [-0.39, 0.29) is 5.56 Å². The van der Waals surface area contributed by atoms with E-state index >= 15 is 0 Å². The van der Waals surface area contributed by atoms with Crippen LogP contribution in [-0.2, 0) is 6.54 Å². The summed E-state index contributed by atoms with van der Waals surface area (Å²) >= 11 is 0. The van der Waals surface area contributed by atoms with Gasteiger partial charge in [-0.05, 0) is 13.8 Å². The first-order valence-corrected chi connectivity index (χ1v) is 5.64. The zero-order valence-corrected chi connectivity index (χ0v) is 10.6. The van der Waals surface area contributed by atoms with Crippen molar-refractivity contribution in [2.24, 2.45) is 0 Å². The Morgan fingerprint density at radius 1 is 1.21 bits per heavy atom. The number of nitrogens with zero attached hydrogens (tertiary/aromatic N) is 4. The molecule has 7 nitrogen and oxygen atoms in total. The lowest BCUT2D eigenvalue weighted by Gasteiger charge is -2.06. The molecule has 7 heteroatoms. The minimum Gasteiger partial charge on any atom is -0.478 e. The molecule has 2 aromatic rings. The Bertz CT molecular complexity index is 598. The molecule has 0 atom stereocenters. The highest BCUT2D eigenvalue weighted by molar-refractivity contribution is 5.88. The standard InChI is InChI=1S/C12H13N5O2/c1-7-3-14-9(4-13-7)5-15-12-16-6-10(11(18)19)8(2)17-12/h3-4,6H,5H2,1-2H3,(H,18,19)(H,15,16,17). The van der Waals surface area contributed by atoms with Gasteiger partial charge in [0, 0.05) is 12.4 Å². The van der Waals surface area contributed by atoms with Gasteiger partial charge in [-0.2, -0.15) is 0 Å². The largest absolute Gasteiger partial charge is 0.478 e. The van der Waals surface area contributed by atoms with Gasteiger partial charge < -0.3 is 10.4 Å². The molecule has 0 fully saturated rings. The molecule has 0 saturated carbocycles. The van der Waals surface area contributed by atoms with Crippen LogP contribution in [0.1, 0.15) is 27.4 Å². The van der Waals surface area contributed by atoms with Crippen LogP contribution in [0.5, 0.6) is 0 Å². The number of anilines is 1. The molecule has 0 aliphatic carbocycles. The van der Waals surface area contributed by atoms with Gasteiger partial charge in [0.2, 0.25) is 5.95 Å². The predicted octanol–water partition coefficient (Wildman–Crippen LogP) is 1.19. The lowest BCUT2D eigenvalue weighted by molar-refractivity contribution is 0.0695. The quantitative estimate of drug-likeness (QED) is 0.850. The molecule has 19 heavy (non-hydrogen) atoms. The van der Waals surface area contributed by atoms with Gasteiger partial charge in [0.1, 0.15) is 0 Å². The van der Waals surface area contributed by atoms with E-state index in [0.717, 1.165) is 11.4 Å². The molecular weight excluding hydrogens is 246 g/mol. The molecule has 2 aromatic heterocycles. The topological polar surface area (TPSA) is 101 Å². The van der Waals surface area contributed by atoms with Crippen LogP contribution in [-0.4, -0.2) is 31.0 Å². The summed E-state index contributed by atoms with van der Waals surface area (Å²) in [4.78, 5) is 27.2. The fraction of sp³-hybridized carbons (Fsp3) is 0.250. The number of aryl methyl sites for hydroxylation is 2. The fourth-order valence-corrected chi connectivity index (χ4v) is 1.44. The maximum Gasteiger partial charge on any atom is 0.339 e. The second-order valence-electron chi connectivity index (χ2n) is 4.00. The van der Waals surface area contributed by atoms with Crippen LogP contribution in [0.4, 0.5) is 5.95 Å². The maximum atomic E-state index is 10.8. The van der Waals surface area contributed by atoms with Gasteiger partial charge in [0.15, 0.2) is 0 Å². The van der Waals surface area contributed by atoms with Crippen LogP contribution < -0.4 is 5.32 Å². The van der Waals surface area contributed by atoms with Crippen molar-refractivity contribution in [1.82, 2.24) is 19.9 Å². The second kappa shape index (κ2) is 5.38. The predicted molar refractivity (Wildman–Crippen MR) is 67.8 cm³/mol. The number of hydrogen-bond acceptors (Lipinski definition) is 6. The summed E-state index contributed by atoms with van der Waals surface area (Å²) in [5.41, 5.74) is 2.12. The average Bonchev–Trinajstić information content (AvgIpc) is 2.37. The Kier molecular flexibility index (Phi) is 3.65. The van der Waals surface area contributed by atoms with E-state index in [1.807, 2.05) is 6.92 Å². The van der Waals surface area contributed by atoms with E-state index in [2.05, 4.69) is 25.3 Å². The van der Waals surface area contributed by atoms with Crippen molar-refractivity contribution in [3.63, 3.8) is 0 Å². The number of hydrogen-bond donors (Lipinski definition) is 2. The van der Waals surface area contributed by atoms with E-state index in [0.29, 0.717) is 18.2 Å². The Labute approximate surface area is 109 Å². The molecule has 0 radical (unpaired) electrons. The number of carboxylic acids is 1. The second-order valence-corrected chi connectivity index (χ2v) is 4.00. The highest BCUT2D eigenvalue weighted by Gasteiger charge is 2.09. The normalized spacial score (nSPS) is 10.2. The summed E-state index contributed by atoms with van der Waals surface area (Å²) < 4.78 is 0. The molecule has 0 amide bonds. The number of aromatic carboxylic acids is 1. The molecule has 2 heterocycles. The molecule has 98 valence electrons. The van der Waals surface area contributed by atoms with Crippen molar-refractivity contribution in [2.45, 2.75) is 20.4 Å². The smallest absolute Gasteiger partial charge is 0.339 e. The zero-order chi connectivity index (χ0) is 13.8. The fourth-order valence-electron chi connectivity index (χ4n) is 1.44. The molecule has 2 rings (SSSR count). The summed E-state index contributed by atoms with van der Waals surface area (Å²) in [5, 5.41) is 11.8. The van der Waals surface area contributed by atoms with Crippen molar-refractivity contribution < 1.29 is 9.90 Å². The monoisotopic (exact) mass is 259 g/mol. The zero-order valence-electron chi connectivity index (χ0n) is 10.6. The Balaban J connectivity index is 2.06. The van der Waals surface area contributed by atoms with Crippen LogP contribution in [0.25, 0.3) is 0 Å². The Hall–Kier alpha value is -2.57. The molecular formula is C12H13N5O2. The molecule has 0 aliphatic heterocycles. The first kappa shape index (κ1) is 12.9. The van der Waals surface area contributed by atoms with Crippen molar-refractivity contribution in [3.8, 4) is 0 Å². The summed E-state index contributed by atoms with van der Waals surface area (Å²) in [6, 6.07) is 0. The molecule has 0 aromatic carbocycles. The maximum absolute atomic E-state index is 10.8. The van der Waals surface area contributed by atoms with Crippen LogP contribution in [0.3, 0.4) is 0 Å². The molecule has 0 saturated heterocycles. The summed E-state index contributed by atoms with van der Waals surface area (Å²) in [5.74, 6) is -0.668. The van der Waals surface area contributed by atoms with Crippen LogP contribution >= 0.6 is 0 Å². The lowest BCUT2D eigenvalue weighted by Crippen LogP contribution is -2.09. The summed E-state index contributed by atoms with van der Waals surface area (Å²) in [6.45, 7) is 3.92. The molecule has 0 unspecified atom stereocenters. The van der Waals surface area contributed by atoms with E-state index < -0.39 is 5.97 Å². The van der Waals surface area contributed by atoms with Crippen molar-refractivity contribution in [3.05, 3.63) is 41.2 Å². The molecule has 2 N–H and O–H groups in total. The van der Waals surface area contributed by atoms with Gasteiger partial charge in [-0.15, -0.1) is 0 Å². The highest BCUT2D eigenvalue weighted by Crippen LogP contribution is 2.07. The highest BCUT2D eigenvalue weighted by atomic mass is 16.4. The van der Waals surface area contributed by atoms with Crippen LogP contribution in [0.2, 0.25) is 0 Å². The minimum atomic E-state index is -1.03. The third kappa shape index (κ3) is 3.21. The number of nitrogens with one attached hydrogen (secondary N) is 1. The van der Waals surface area contributed by atoms with Gasteiger partial charge >= 0.3 is 5.97 Å². The lowest BCUT2D eigenvalue weighted by atomic mass is 10.2. The van der Waals surface area contributed by atoms with E-state index in [1.165, 1.54) is 6.20 Å². The Morgan fingerprint density at radius 3 is 2.58 bits per heavy atom. The number of carboxylic acid groups (broad SMARTS) is 1. The first-order valence-electron chi connectivity index (χ1n) is 5.64. The Morgan fingerprint density at radius 2 is 2.00 bits per heavy atom. The number of aromatic nitrogens is 4. The van der Waals surface area contributed by atoms with E-state index in [4.69, 9.17) is 5.11 Å². The number of carbonyl (C=O) groups is 1. The number of rotatable bonds is 4. The molecule has 0 aliphatic rings. The van der Waals surface area contributed by atoms with Gasteiger partial charge in [0.25, 0.3) is 0 Å². The third-order valence-electron chi connectivity index (χ3n) is 2.47. The van der Waals surface area contributed by atoms with Crippen LogP contribution in [0.15, 0.2) is 18.6 Å². The molecule has 0 spiro atoms. The summed E-state index contributed by atoms with van der Waals surface area (Å²) in [6.07, 6.45) is 4.63. The van der Waals surface area contributed by atoms with Gasteiger partial charge in [-0.25, -0.2) is 14.8 Å². The first-order chi connectivity index (χ1) is 9.06. The van der Waals surface area contributed by atoms with Crippen molar-refractivity contribution in [2.75, 3.05) is 5.32 Å². The average molecular weight is 259 g/mol. The van der Waals surface area contributed by atoms with E-state index in [1.54, 1.807) is 19.3 Å². The van der Waals surface area contributed by atoms with E-state index in [9.17, 15) is 4.79 Å². The minimum absolute atomic E-state index is 0.0978. The van der Waals surface area contributed by atoms with Gasteiger partial charge in [0.05, 0.1) is 35.4 Å². The van der Waals surface area contributed by atoms with Crippen molar-refractivity contribution in [1.29, 1.82) is 0 Å². The van der Waals surface area contributed by atoms with Crippen LogP contribution in [0, 0.1) is 13.8 Å². The SMILES string of the molecule is Cc1cnc(CNc2ncc(C(=O)O)c(C)n2)cn1. The molecule has 0 bridgehead atoms. The van der Waals surface area contributed by atoms with Crippen molar-refractivity contribution >= 4 is 11.9 Å².